The molecule has 0 spiro atoms. The average Bonchev–Trinajstić information content (AvgIpc) is 3.21. The van der Waals surface area contributed by atoms with Crippen molar-refractivity contribution in [3.05, 3.63) is 71.8 Å². The number of alkyl halides is 2. The maximum Gasteiger partial charge on any atom is 0.229 e. The Bertz CT molecular complexity index is 1590. The van der Waals surface area contributed by atoms with Crippen molar-refractivity contribution < 1.29 is 55.6 Å². The van der Waals surface area contributed by atoms with Crippen molar-refractivity contribution in [3.8, 4) is 0 Å². The van der Waals surface area contributed by atoms with Crippen LogP contribution < -0.4 is 19.7 Å². The highest BCUT2D eigenvalue weighted by molar-refractivity contribution is 7.92. The van der Waals surface area contributed by atoms with Crippen LogP contribution in [0.2, 0.25) is 0 Å². The van der Waals surface area contributed by atoms with E-state index < -0.39 is 44.2 Å². The number of anilines is 2. The fourth-order valence-corrected chi connectivity index (χ4v) is 7.37. The third-order valence-electron chi connectivity index (χ3n) is 9.57. The Hall–Kier alpha value is -3.68. The third kappa shape index (κ3) is 33.9. The predicted molar refractivity (Wildman–Crippen MR) is 240 cm³/mol. The van der Waals surface area contributed by atoms with Crippen LogP contribution in [0.5, 0.6) is 0 Å². The molecule has 0 heterocycles. The number of carboxylic acid groups (broad SMARTS) is 2. The summed E-state index contributed by atoms with van der Waals surface area (Å²) >= 11 is 0. The molecule has 0 amide bonds. The van der Waals surface area contributed by atoms with Gasteiger partial charge in [0.15, 0.2) is 0 Å². The molecule has 356 valence electrons. The largest absolute Gasteiger partial charge is 0.545 e. The van der Waals surface area contributed by atoms with E-state index >= 15 is 0 Å². The van der Waals surface area contributed by atoms with Crippen LogP contribution in [0, 0.1) is 0 Å². The Morgan fingerprint density at radius 1 is 0.565 bits per heavy atom. The monoisotopic (exact) mass is 918 g/mol. The van der Waals surface area contributed by atoms with E-state index in [0.717, 1.165) is 127 Å². The fourth-order valence-electron chi connectivity index (χ4n) is 6.24. The molecule has 0 bridgehead atoms. The topological polar surface area (TPSA) is 220 Å². The number of halogens is 2. The van der Waals surface area contributed by atoms with Crippen molar-refractivity contribution in [2.75, 3.05) is 74.6 Å². The van der Waals surface area contributed by atoms with Gasteiger partial charge in [-0.3, -0.25) is 18.2 Å². The molecular formula is C44H72F2N4O10S2-2. The molecule has 0 aromatic heterocycles. The average molecular weight is 919 g/mol. The van der Waals surface area contributed by atoms with Gasteiger partial charge in [0.1, 0.15) is 0 Å². The molecule has 0 fully saturated rings. The molecule has 62 heavy (non-hydrogen) atoms. The molecule has 0 saturated heterocycles. The molecule has 2 atom stereocenters. The molecule has 2 aromatic carbocycles. The normalized spacial score (nSPS) is 12.6. The van der Waals surface area contributed by atoms with E-state index in [2.05, 4.69) is 33.1 Å². The first kappa shape index (κ1) is 58.3. The van der Waals surface area contributed by atoms with Crippen molar-refractivity contribution in [3.63, 3.8) is 0 Å². The van der Waals surface area contributed by atoms with E-state index in [-0.39, 0.29) is 13.3 Å². The number of unbranched alkanes of at least 4 members (excludes halogenated alkanes) is 8. The summed E-state index contributed by atoms with van der Waals surface area (Å²) in [5.74, 6) is -3.09. The van der Waals surface area contributed by atoms with Gasteiger partial charge in [0.05, 0.1) is 50.0 Å². The van der Waals surface area contributed by atoms with Crippen LogP contribution in [-0.4, -0.2) is 114 Å². The highest BCUT2D eigenvalue weighted by Gasteiger charge is 2.12. The number of hydrogen-bond acceptors (Lipinski definition) is 12. The zero-order valence-electron chi connectivity index (χ0n) is 37.1. The standard InChI is InChI=1S/2C20H35FN2O3S.C4H4O4/c2*1-3-23(16-8-6-4-5-7-15-21)17-9-10-20(24)18-11-13-19(14-12-18)22-27(2,25)26;5-3(6)1-2-4(7)8/h2*11-14,20,22,24H,3-10,15-17H2,1-2H3;1-2H,(H,5,6)(H,7,8)/p-2/b;;2-1+. The molecule has 2 aromatic rings. The number of carbonyl (C=O) groups excluding carboxylic acids is 2. The molecule has 4 N–H and O–H groups in total. The number of benzene rings is 2. The Balaban J connectivity index is 0.00000102. The Kier molecular flexibility index (Phi) is 32.7. The molecule has 2 unspecified atom stereocenters. The van der Waals surface area contributed by atoms with E-state index in [1.54, 1.807) is 48.5 Å². The van der Waals surface area contributed by atoms with E-state index in [1.807, 2.05) is 0 Å². The van der Waals surface area contributed by atoms with Gasteiger partial charge in [0, 0.05) is 11.4 Å². The summed E-state index contributed by atoms with van der Waals surface area (Å²) in [5.41, 5.74) is 2.59. The van der Waals surface area contributed by atoms with E-state index in [0.29, 0.717) is 49.2 Å². The summed E-state index contributed by atoms with van der Waals surface area (Å²) < 4.78 is 73.8. The lowest BCUT2D eigenvalue weighted by molar-refractivity contribution is -0.301. The number of aliphatic hydroxyl groups is 2. The summed E-state index contributed by atoms with van der Waals surface area (Å²) in [4.78, 5) is 23.6. The van der Waals surface area contributed by atoms with E-state index in [4.69, 9.17) is 0 Å². The molecule has 0 aliphatic rings. The number of rotatable bonds is 32. The van der Waals surface area contributed by atoms with Crippen molar-refractivity contribution in [2.24, 2.45) is 0 Å². The second-order valence-corrected chi connectivity index (χ2v) is 18.6. The molecule has 0 saturated carbocycles. The SMILES string of the molecule is CCN(CCCCCCCF)CCCC(O)c1ccc(NS(C)(=O)=O)cc1.CCN(CCCCCCCF)CCCC(O)c1ccc(NS(C)(=O)=O)cc1.O=C([O-])/C=C/C(=O)[O-]. The maximum atomic E-state index is 12.0. The number of carboxylic acids is 2. The summed E-state index contributed by atoms with van der Waals surface area (Å²) in [6.45, 7) is 9.86. The first-order valence-electron chi connectivity index (χ1n) is 21.5. The van der Waals surface area contributed by atoms with Gasteiger partial charge in [-0.1, -0.05) is 76.6 Å². The molecular weight excluding hydrogens is 847 g/mol. The minimum atomic E-state index is -3.29. The van der Waals surface area contributed by atoms with Crippen LogP contribution in [0.15, 0.2) is 60.7 Å². The van der Waals surface area contributed by atoms with Gasteiger partial charge in [-0.25, -0.2) is 16.8 Å². The zero-order valence-corrected chi connectivity index (χ0v) is 38.7. The van der Waals surface area contributed by atoms with Gasteiger partial charge in [-0.2, -0.15) is 0 Å². The van der Waals surface area contributed by atoms with Crippen LogP contribution in [0.25, 0.3) is 0 Å². The summed E-state index contributed by atoms with van der Waals surface area (Å²) in [6, 6.07) is 13.7. The van der Waals surface area contributed by atoms with E-state index in [1.165, 1.54) is 0 Å². The van der Waals surface area contributed by atoms with Gasteiger partial charge in [0.25, 0.3) is 0 Å². The fraction of sp³-hybridized carbons (Fsp3) is 0.636. The summed E-state index contributed by atoms with van der Waals surface area (Å²) in [5, 5.41) is 39.5. The van der Waals surface area contributed by atoms with Crippen molar-refractivity contribution in [1.82, 2.24) is 9.80 Å². The Morgan fingerprint density at radius 2 is 0.855 bits per heavy atom. The second kappa shape index (κ2) is 34.8. The number of sulfonamides is 2. The summed E-state index contributed by atoms with van der Waals surface area (Å²) in [7, 11) is -6.57. The minimum absolute atomic E-state index is 0.208. The number of nitrogens with one attached hydrogen (secondary N) is 2. The third-order valence-corrected chi connectivity index (χ3v) is 10.8. The van der Waals surface area contributed by atoms with Crippen LogP contribution >= 0.6 is 0 Å². The van der Waals surface area contributed by atoms with E-state index in [9.17, 15) is 55.6 Å². The highest BCUT2D eigenvalue weighted by atomic mass is 32.2. The smallest absolute Gasteiger partial charge is 0.229 e. The maximum absolute atomic E-state index is 12.0. The molecule has 0 aliphatic carbocycles. The zero-order chi connectivity index (χ0) is 46.8. The lowest BCUT2D eigenvalue weighted by atomic mass is 10.0. The lowest BCUT2D eigenvalue weighted by Crippen LogP contribution is -2.26. The van der Waals surface area contributed by atoms with Crippen molar-refractivity contribution in [1.29, 1.82) is 0 Å². The first-order valence-corrected chi connectivity index (χ1v) is 25.3. The Morgan fingerprint density at radius 3 is 1.13 bits per heavy atom. The predicted octanol–water partition coefficient (Wildman–Crippen LogP) is 5.27. The molecule has 18 heteroatoms. The van der Waals surface area contributed by atoms with Gasteiger partial charge in [-0.15, -0.1) is 0 Å². The van der Waals surface area contributed by atoms with Crippen LogP contribution in [0.3, 0.4) is 0 Å². The van der Waals surface area contributed by atoms with Crippen molar-refractivity contribution in [2.45, 2.75) is 116 Å². The molecule has 0 radical (unpaired) electrons. The number of aliphatic hydroxyl groups excluding tert-OH is 2. The lowest BCUT2D eigenvalue weighted by Gasteiger charge is -2.21. The highest BCUT2D eigenvalue weighted by Crippen LogP contribution is 2.22. The number of hydrogen-bond donors (Lipinski definition) is 4. The van der Waals surface area contributed by atoms with Gasteiger partial charge in [-0.05, 0) is 138 Å². The van der Waals surface area contributed by atoms with Gasteiger partial charge < -0.3 is 39.8 Å². The number of aliphatic carboxylic acids is 2. The molecule has 2 rings (SSSR count). The van der Waals surface area contributed by atoms with Crippen LogP contribution in [0.4, 0.5) is 20.2 Å². The quantitative estimate of drug-likeness (QED) is 0.0545. The Labute approximate surface area is 369 Å². The molecule has 0 aliphatic heterocycles. The van der Waals surface area contributed by atoms with Crippen LogP contribution in [0.1, 0.15) is 127 Å². The molecule has 14 nitrogen and oxygen atoms in total. The number of nitrogens with zero attached hydrogens (tertiary/aromatic N) is 2. The second-order valence-electron chi connectivity index (χ2n) is 15.1. The van der Waals surface area contributed by atoms with Gasteiger partial charge >= 0.3 is 0 Å². The van der Waals surface area contributed by atoms with Crippen LogP contribution in [-0.2, 0) is 29.6 Å². The summed E-state index contributed by atoms with van der Waals surface area (Å²) in [6.07, 6.45) is 15.1. The first-order chi connectivity index (χ1) is 29.3. The number of carbonyl (C=O) groups is 2. The van der Waals surface area contributed by atoms with Crippen molar-refractivity contribution >= 4 is 43.4 Å². The van der Waals surface area contributed by atoms with Gasteiger partial charge in [0.2, 0.25) is 20.0 Å². The minimum Gasteiger partial charge on any atom is -0.545 e.